The van der Waals surface area contributed by atoms with Crippen molar-refractivity contribution in [1.29, 1.82) is 0 Å². The van der Waals surface area contributed by atoms with Gasteiger partial charge in [-0.1, -0.05) is 56.5 Å². The molecule has 2 rings (SSSR count). The molecule has 1 saturated carbocycles. The van der Waals surface area contributed by atoms with Gasteiger partial charge in [0.15, 0.2) is 0 Å². The van der Waals surface area contributed by atoms with Gasteiger partial charge in [-0.2, -0.15) is 0 Å². The maximum Gasteiger partial charge on any atom is 0.0717 e. The zero-order valence-electron chi connectivity index (χ0n) is 12.1. The Bertz CT molecular complexity index is 332. The largest absolute Gasteiger partial charge is 0.375 e. The first-order valence-corrected chi connectivity index (χ1v) is 7.75. The van der Waals surface area contributed by atoms with Crippen LogP contribution in [0.4, 0.5) is 0 Å². The molecule has 0 aliphatic heterocycles. The first kappa shape index (κ1) is 14.5. The van der Waals surface area contributed by atoms with Gasteiger partial charge < -0.3 is 10.1 Å². The van der Waals surface area contributed by atoms with Gasteiger partial charge in [0.25, 0.3) is 0 Å². The van der Waals surface area contributed by atoms with E-state index in [0.717, 1.165) is 25.7 Å². The van der Waals surface area contributed by atoms with E-state index in [1.54, 1.807) is 0 Å². The third-order valence-electron chi connectivity index (χ3n) is 4.09. The van der Waals surface area contributed by atoms with Crippen LogP contribution in [0.15, 0.2) is 30.3 Å². The molecule has 0 bridgehead atoms. The molecule has 1 aliphatic carbocycles. The van der Waals surface area contributed by atoms with E-state index in [1.165, 1.54) is 37.7 Å². The minimum Gasteiger partial charge on any atom is -0.375 e. The molecule has 1 aromatic carbocycles. The van der Waals surface area contributed by atoms with Crippen molar-refractivity contribution in [3.05, 3.63) is 35.9 Å². The molecule has 0 radical (unpaired) electrons. The fourth-order valence-electron chi connectivity index (χ4n) is 3.04. The highest BCUT2D eigenvalue weighted by Crippen LogP contribution is 2.26. The van der Waals surface area contributed by atoms with Gasteiger partial charge in [0.1, 0.15) is 0 Å². The summed E-state index contributed by atoms with van der Waals surface area (Å²) in [5.41, 5.74) is 1.27. The molecule has 2 nitrogen and oxygen atoms in total. The first-order valence-electron chi connectivity index (χ1n) is 7.75. The van der Waals surface area contributed by atoms with Crippen molar-refractivity contribution in [1.82, 2.24) is 5.32 Å². The van der Waals surface area contributed by atoms with Crippen LogP contribution in [0.2, 0.25) is 0 Å². The monoisotopic (exact) mass is 261 g/mol. The van der Waals surface area contributed by atoms with Crippen molar-refractivity contribution >= 4 is 0 Å². The second-order valence-corrected chi connectivity index (χ2v) is 5.56. The minimum atomic E-state index is 0.536. The lowest BCUT2D eigenvalue weighted by Crippen LogP contribution is -2.40. The SMILES string of the molecule is CCNC(COCc1ccccc1)C1CCCCC1. The van der Waals surface area contributed by atoms with Crippen molar-refractivity contribution in [3.63, 3.8) is 0 Å². The summed E-state index contributed by atoms with van der Waals surface area (Å²) in [7, 11) is 0. The molecule has 0 amide bonds. The Morgan fingerprint density at radius 1 is 1.16 bits per heavy atom. The Labute approximate surface area is 117 Å². The standard InChI is InChI=1S/C17H27NO/c1-2-18-17(16-11-7-4-8-12-16)14-19-13-15-9-5-3-6-10-15/h3,5-6,9-10,16-18H,2,4,7-8,11-14H2,1H3. The van der Waals surface area contributed by atoms with Gasteiger partial charge in [-0.15, -0.1) is 0 Å². The van der Waals surface area contributed by atoms with Crippen molar-refractivity contribution in [2.24, 2.45) is 5.92 Å². The van der Waals surface area contributed by atoms with Crippen LogP contribution in [-0.2, 0) is 11.3 Å². The smallest absolute Gasteiger partial charge is 0.0717 e. The number of ether oxygens (including phenoxy) is 1. The Morgan fingerprint density at radius 3 is 2.58 bits per heavy atom. The minimum absolute atomic E-state index is 0.536. The van der Waals surface area contributed by atoms with E-state index in [2.05, 4.69) is 36.5 Å². The van der Waals surface area contributed by atoms with Crippen LogP contribution in [-0.4, -0.2) is 19.2 Å². The van der Waals surface area contributed by atoms with Gasteiger partial charge in [0.2, 0.25) is 0 Å². The van der Waals surface area contributed by atoms with Crippen molar-refractivity contribution in [2.45, 2.75) is 51.7 Å². The Balaban J connectivity index is 1.76. The van der Waals surface area contributed by atoms with E-state index in [0.29, 0.717) is 6.04 Å². The van der Waals surface area contributed by atoms with E-state index in [4.69, 9.17) is 4.74 Å². The van der Waals surface area contributed by atoms with Gasteiger partial charge in [-0.3, -0.25) is 0 Å². The van der Waals surface area contributed by atoms with Gasteiger partial charge in [-0.25, -0.2) is 0 Å². The summed E-state index contributed by atoms with van der Waals surface area (Å²) in [6, 6.07) is 11.0. The summed E-state index contributed by atoms with van der Waals surface area (Å²) in [4.78, 5) is 0. The van der Waals surface area contributed by atoms with Crippen molar-refractivity contribution < 1.29 is 4.74 Å². The molecule has 1 aromatic rings. The third-order valence-corrected chi connectivity index (χ3v) is 4.09. The normalized spacial score (nSPS) is 18.4. The van der Waals surface area contributed by atoms with E-state index >= 15 is 0 Å². The number of nitrogens with one attached hydrogen (secondary N) is 1. The van der Waals surface area contributed by atoms with E-state index in [1.807, 2.05) is 6.07 Å². The molecule has 1 unspecified atom stereocenters. The zero-order chi connectivity index (χ0) is 13.3. The van der Waals surface area contributed by atoms with Gasteiger partial charge in [-0.05, 0) is 30.9 Å². The quantitative estimate of drug-likeness (QED) is 0.807. The summed E-state index contributed by atoms with van der Waals surface area (Å²) < 4.78 is 5.93. The Kier molecular flexibility index (Phi) is 6.38. The molecule has 0 aromatic heterocycles. The summed E-state index contributed by atoms with van der Waals surface area (Å²) in [5, 5.41) is 3.61. The van der Waals surface area contributed by atoms with Crippen LogP contribution < -0.4 is 5.32 Å². The molecule has 0 heterocycles. The summed E-state index contributed by atoms with van der Waals surface area (Å²) in [6.07, 6.45) is 6.94. The Morgan fingerprint density at radius 2 is 1.89 bits per heavy atom. The number of benzene rings is 1. The van der Waals surface area contributed by atoms with Gasteiger partial charge >= 0.3 is 0 Å². The zero-order valence-corrected chi connectivity index (χ0v) is 12.1. The lowest BCUT2D eigenvalue weighted by Gasteiger charge is -2.30. The van der Waals surface area contributed by atoms with Crippen molar-refractivity contribution in [2.75, 3.05) is 13.2 Å². The number of likely N-dealkylation sites (N-methyl/N-ethyl adjacent to an activating group) is 1. The van der Waals surface area contributed by atoms with Crippen LogP contribution in [0.1, 0.15) is 44.6 Å². The molecule has 1 atom stereocenters. The first-order chi connectivity index (χ1) is 9.40. The maximum atomic E-state index is 5.93. The molecule has 1 fully saturated rings. The average Bonchev–Trinajstić information content (AvgIpc) is 2.48. The van der Waals surface area contributed by atoms with Crippen LogP contribution in [0.25, 0.3) is 0 Å². The lowest BCUT2D eigenvalue weighted by atomic mass is 9.84. The molecule has 1 aliphatic rings. The highest BCUT2D eigenvalue weighted by Gasteiger charge is 2.22. The van der Waals surface area contributed by atoms with E-state index < -0.39 is 0 Å². The molecule has 1 N–H and O–H groups in total. The van der Waals surface area contributed by atoms with Gasteiger partial charge in [0, 0.05) is 6.04 Å². The van der Waals surface area contributed by atoms with Crippen LogP contribution >= 0.6 is 0 Å². The average molecular weight is 261 g/mol. The van der Waals surface area contributed by atoms with Crippen molar-refractivity contribution in [3.8, 4) is 0 Å². The molecule has 19 heavy (non-hydrogen) atoms. The topological polar surface area (TPSA) is 21.3 Å². The van der Waals surface area contributed by atoms with E-state index in [-0.39, 0.29) is 0 Å². The number of hydrogen-bond acceptors (Lipinski definition) is 2. The molecule has 106 valence electrons. The highest BCUT2D eigenvalue weighted by atomic mass is 16.5. The predicted octanol–water partition coefficient (Wildman–Crippen LogP) is 3.76. The van der Waals surface area contributed by atoms with Crippen LogP contribution in [0.3, 0.4) is 0 Å². The molecular weight excluding hydrogens is 234 g/mol. The lowest BCUT2D eigenvalue weighted by molar-refractivity contribution is 0.0743. The fourth-order valence-corrected chi connectivity index (χ4v) is 3.04. The molecule has 0 saturated heterocycles. The predicted molar refractivity (Wildman–Crippen MR) is 80.1 cm³/mol. The summed E-state index contributed by atoms with van der Waals surface area (Å²) in [5.74, 6) is 0.810. The third kappa shape index (κ3) is 4.96. The molecule has 2 heteroatoms. The van der Waals surface area contributed by atoms with Gasteiger partial charge in [0.05, 0.1) is 13.2 Å². The molecule has 0 spiro atoms. The van der Waals surface area contributed by atoms with E-state index in [9.17, 15) is 0 Å². The van der Waals surface area contributed by atoms with Crippen LogP contribution in [0.5, 0.6) is 0 Å². The highest BCUT2D eigenvalue weighted by molar-refractivity contribution is 5.13. The second kappa shape index (κ2) is 8.34. The molecular formula is C17H27NO. The fraction of sp³-hybridized carbons (Fsp3) is 0.647. The number of rotatable bonds is 7. The summed E-state index contributed by atoms with van der Waals surface area (Å²) in [6.45, 7) is 4.80. The number of hydrogen-bond donors (Lipinski definition) is 1. The van der Waals surface area contributed by atoms with Crippen LogP contribution in [0, 0.1) is 5.92 Å². The Hall–Kier alpha value is -0.860. The summed E-state index contributed by atoms with van der Waals surface area (Å²) >= 11 is 0. The maximum absolute atomic E-state index is 5.93. The second-order valence-electron chi connectivity index (χ2n) is 5.56.